The molecule has 0 bridgehead atoms. The van der Waals surface area contributed by atoms with E-state index in [1.807, 2.05) is 16.7 Å². The van der Waals surface area contributed by atoms with Gasteiger partial charge in [0.05, 0.1) is 25.0 Å². The van der Waals surface area contributed by atoms with Crippen LogP contribution < -0.4 is 19.9 Å². The lowest BCUT2D eigenvalue weighted by Gasteiger charge is -2.34. The standard InChI is InChI=1S/C17H20FN3O5S/c1-24-16(22)19-8-15-13-9-25-14-7-11(20-2-4-27-5-3-20)10(18)6-12(14)21(13)17(23)26-15/h6-7,13,15H,2-5,8-9H2,1H3,(H,19,22)/t13-,15-/m1/s1. The van der Waals surface area contributed by atoms with Gasteiger partial charge in [-0.2, -0.15) is 11.8 Å². The second kappa shape index (κ2) is 7.34. The van der Waals surface area contributed by atoms with Gasteiger partial charge in [-0.1, -0.05) is 0 Å². The molecular formula is C17H20FN3O5S. The number of halogens is 1. The molecular weight excluding hydrogens is 377 g/mol. The van der Waals surface area contributed by atoms with Crippen molar-refractivity contribution in [1.82, 2.24) is 5.32 Å². The molecule has 1 aromatic rings. The number of benzene rings is 1. The van der Waals surface area contributed by atoms with E-state index in [0.29, 0.717) is 17.1 Å². The topological polar surface area (TPSA) is 80.3 Å². The van der Waals surface area contributed by atoms with Crippen LogP contribution in [0.1, 0.15) is 0 Å². The number of thioether (sulfide) groups is 1. The van der Waals surface area contributed by atoms with E-state index in [0.717, 1.165) is 24.6 Å². The van der Waals surface area contributed by atoms with Crippen LogP contribution in [0.3, 0.4) is 0 Å². The van der Waals surface area contributed by atoms with E-state index >= 15 is 0 Å². The number of methoxy groups -OCH3 is 1. The van der Waals surface area contributed by atoms with Gasteiger partial charge in [-0.15, -0.1) is 0 Å². The van der Waals surface area contributed by atoms with Crippen LogP contribution in [0, 0.1) is 5.82 Å². The van der Waals surface area contributed by atoms with Crippen molar-refractivity contribution in [2.75, 3.05) is 54.7 Å². The maximum atomic E-state index is 14.8. The molecule has 146 valence electrons. The van der Waals surface area contributed by atoms with Crippen molar-refractivity contribution in [3.63, 3.8) is 0 Å². The average Bonchev–Trinajstić information content (AvgIpc) is 3.02. The summed E-state index contributed by atoms with van der Waals surface area (Å²) in [6.07, 6.45) is -1.80. The molecule has 8 nitrogen and oxygen atoms in total. The number of ether oxygens (including phenoxy) is 3. The number of cyclic esters (lactones) is 1. The highest BCUT2D eigenvalue weighted by atomic mass is 32.2. The number of amides is 2. The molecule has 2 atom stereocenters. The molecule has 0 aromatic heterocycles. The van der Waals surface area contributed by atoms with Gasteiger partial charge in [0, 0.05) is 36.7 Å². The number of carbonyl (C=O) groups excluding carboxylic acids is 2. The van der Waals surface area contributed by atoms with Crippen LogP contribution in [0.25, 0.3) is 0 Å². The van der Waals surface area contributed by atoms with Gasteiger partial charge in [0.15, 0.2) is 0 Å². The van der Waals surface area contributed by atoms with Crippen molar-refractivity contribution >= 4 is 35.3 Å². The Kier molecular flexibility index (Phi) is 4.90. The highest BCUT2D eigenvalue weighted by Gasteiger charge is 2.47. The number of alkyl carbamates (subject to hydrolysis) is 1. The first-order valence-electron chi connectivity index (χ1n) is 8.69. The van der Waals surface area contributed by atoms with E-state index in [2.05, 4.69) is 10.1 Å². The molecule has 2 saturated heterocycles. The predicted molar refractivity (Wildman–Crippen MR) is 98.4 cm³/mol. The van der Waals surface area contributed by atoms with Gasteiger partial charge < -0.3 is 24.4 Å². The SMILES string of the molecule is COC(=O)NC[C@H]1OC(=O)N2c3cc(F)c(N4CCSCC4)cc3OC[C@H]12. The van der Waals surface area contributed by atoms with Crippen molar-refractivity contribution in [1.29, 1.82) is 0 Å². The summed E-state index contributed by atoms with van der Waals surface area (Å²) in [5.74, 6) is 1.97. The summed E-state index contributed by atoms with van der Waals surface area (Å²) in [7, 11) is 1.25. The molecule has 3 aliphatic rings. The average molecular weight is 397 g/mol. The molecule has 10 heteroatoms. The summed E-state index contributed by atoms with van der Waals surface area (Å²) in [5.41, 5.74) is 0.841. The number of carbonyl (C=O) groups is 2. The molecule has 4 rings (SSSR count). The zero-order valence-electron chi connectivity index (χ0n) is 14.8. The third-order valence-electron chi connectivity index (χ3n) is 4.89. The summed E-state index contributed by atoms with van der Waals surface area (Å²) in [6, 6.07) is 2.54. The third-order valence-corrected chi connectivity index (χ3v) is 5.83. The third kappa shape index (κ3) is 3.33. The van der Waals surface area contributed by atoms with Crippen molar-refractivity contribution in [2.45, 2.75) is 12.1 Å². The van der Waals surface area contributed by atoms with Crippen LogP contribution >= 0.6 is 11.8 Å². The van der Waals surface area contributed by atoms with E-state index in [1.165, 1.54) is 18.1 Å². The smallest absolute Gasteiger partial charge is 0.415 e. The van der Waals surface area contributed by atoms with E-state index in [-0.39, 0.29) is 13.2 Å². The Morgan fingerprint density at radius 3 is 2.89 bits per heavy atom. The van der Waals surface area contributed by atoms with Crippen molar-refractivity contribution < 1.29 is 28.2 Å². The minimum absolute atomic E-state index is 0.0876. The van der Waals surface area contributed by atoms with Crippen molar-refractivity contribution in [2.24, 2.45) is 0 Å². The first-order chi connectivity index (χ1) is 13.1. The molecule has 0 spiro atoms. The van der Waals surface area contributed by atoms with Crippen LogP contribution in [-0.2, 0) is 9.47 Å². The lowest BCUT2D eigenvalue weighted by atomic mass is 10.1. The number of anilines is 2. The Bertz CT molecular complexity index is 758. The van der Waals surface area contributed by atoms with Crippen LogP contribution in [0.2, 0.25) is 0 Å². The Morgan fingerprint density at radius 1 is 1.37 bits per heavy atom. The highest BCUT2D eigenvalue weighted by molar-refractivity contribution is 7.99. The molecule has 2 amide bonds. The fourth-order valence-corrected chi connectivity index (χ4v) is 4.42. The molecule has 0 saturated carbocycles. The van der Waals surface area contributed by atoms with Gasteiger partial charge in [-0.25, -0.2) is 14.0 Å². The summed E-state index contributed by atoms with van der Waals surface area (Å²) in [6.45, 7) is 1.84. The van der Waals surface area contributed by atoms with Gasteiger partial charge in [0.1, 0.15) is 30.3 Å². The molecule has 1 N–H and O–H groups in total. The molecule has 3 heterocycles. The lowest BCUT2D eigenvalue weighted by Crippen LogP contribution is -2.48. The summed E-state index contributed by atoms with van der Waals surface area (Å²) in [4.78, 5) is 27.0. The van der Waals surface area contributed by atoms with Crippen LogP contribution in [0.5, 0.6) is 5.75 Å². The molecule has 0 unspecified atom stereocenters. The van der Waals surface area contributed by atoms with Gasteiger partial charge in [0.2, 0.25) is 0 Å². The van der Waals surface area contributed by atoms with E-state index in [1.54, 1.807) is 6.07 Å². The molecule has 0 aliphatic carbocycles. The Hall–Kier alpha value is -2.36. The number of nitrogens with zero attached hydrogens (tertiary/aromatic N) is 2. The van der Waals surface area contributed by atoms with E-state index in [9.17, 15) is 14.0 Å². The first-order valence-corrected chi connectivity index (χ1v) is 9.84. The molecule has 1 aromatic carbocycles. The normalized spacial score (nSPS) is 23.9. The van der Waals surface area contributed by atoms with Gasteiger partial charge in [-0.3, -0.25) is 4.90 Å². The Balaban J connectivity index is 1.57. The molecule has 2 fully saturated rings. The summed E-state index contributed by atoms with van der Waals surface area (Å²) in [5, 5.41) is 2.51. The van der Waals surface area contributed by atoms with Gasteiger partial charge >= 0.3 is 12.2 Å². The second-order valence-electron chi connectivity index (χ2n) is 6.41. The lowest BCUT2D eigenvalue weighted by molar-refractivity contribution is 0.115. The second-order valence-corrected chi connectivity index (χ2v) is 7.64. The first kappa shape index (κ1) is 18.0. The number of hydrogen-bond donors (Lipinski definition) is 1. The fourth-order valence-electron chi connectivity index (χ4n) is 3.52. The zero-order valence-corrected chi connectivity index (χ0v) is 15.6. The number of hydrogen-bond acceptors (Lipinski definition) is 7. The summed E-state index contributed by atoms with van der Waals surface area (Å²) < 4.78 is 30.5. The minimum Gasteiger partial charge on any atom is -0.489 e. The number of nitrogens with one attached hydrogen (secondary N) is 1. The number of rotatable bonds is 3. The fraction of sp³-hybridized carbons (Fsp3) is 0.529. The summed E-state index contributed by atoms with van der Waals surface area (Å²) >= 11 is 1.85. The van der Waals surface area contributed by atoms with Crippen LogP contribution in [0.4, 0.5) is 25.4 Å². The van der Waals surface area contributed by atoms with E-state index < -0.39 is 30.1 Å². The molecule has 0 radical (unpaired) electrons. The van der Waals surface area contributed by atoms with Gasteiger partial charge in [0.25, 0.3) is 0 Å². The van der Waals surface area contributed by atoms with Crippen molar-refractivity contribution in [3.05, 3.63) is 17.9 Å². The highest BCUT2D eigenvalue weighted by Crippen LogP contribution is 2.42. The monoisotopic (exact) mass is 397 g/mol. The predicted octanol–water partition coefficient (Wildman–Crippen LogP) is 1.82. The quantitative estimate of drug-likeness (QED) is 0.833. The zero-order chi connectivity index (χ0) is 19.0. The van der Waals surface area contributed by atoms with Gasteiger partial charge in [-0.05, 0) is 0 Å². The minimum atomic E-state index is -0.614. The Labute approximate surface area is 159 Å². The van der Waals surface area contributed by atoms with Crippen molar-refractivity contribution in [3.8, 4) is 5.75 Å². The van der Waals surface area contributed by atoms with Crippen LogP contribution in [0.15, 0.2) is 12.1 Å². The van der Waals surface area contributed by atoms with E-state index in [4.69, 9.17) is 9.47 Å². The largest absolute Gasteiger partial charge is 0.489 e. The number of fused-ring (bicyclic) bond motifs is 3. The maximum absolute atomic E-state index is 14.8. The maximum Gasteiger partial charge on any atom is 0.415 e. The molecule has 27 heavy (non-hydrogen) atoms. The van der Waals surface area contributed by atoms with Crippen LogP contribution in [-0.4, -0.2) is 69.2 Å². The molecule has 3 aliphatic heterocycles. The Morgan fingerprint density at radius 2 is 2.15 bits per heavy atom.